The summed E-state index contributed by atoms with van der Waals surface area (Å²) in [6.45, 7) is 6.45. The maximum atomic E-state index is 12.3. The summed E-state index contributed by atoms with van der Waals surface area (Å²) in [5, 5.41) is 2.95. The predicted octanol–water partition coefficient (Wildman–Crippen LogP) is 3.71. The van der Waals surface area contributed by atoms with E-state index in [1.165, 1.54) is 5.56 Å². The van der Waals surface area contributed by atoms with Gasteiger partial charge >= 0.3 is 0 Å². The average molecular weight is 283 g/mol. The van der Waals surface area contributed by atoms with Crippen LogP contribution in [0.4, 0.5) is 0 Å². The Morgan fingerprint density at radius 1 is 1.10 bits per heavy atom. The minimum atomic E-state index is -0.116. The van der Waals surface area contributed by atoms with Gasteiger partial charge in [-0.05, 0) is 44.0 Å². The molecule has 110 valence electrons. The first kappa shape index (κ1) is 15.1. The molecule has 0 bridgehead atoms. The third kappa shape index (κ3) is 4.09. The Balaban J connectivity index is 2.09. The molecule has 0 saturated carbocycles. The van der Waals surface area contributed by atoms with E-state index in [9.17, 15) is 4.79 Å². The molecule has 0 spiro atoms. The summed E-state index contributed by atoms with van der Waals surface area (Å²) >= 11 is 0. The highest BCUT2D eigenvalue weighted by Crippen LogP contribution is 2.19. The van der Waals surface area contributed by atoms with E-state index in [0.717, 1.165) is 5.56 Å². The second kappa shape index (κ2) is 6.93. The molecule has 1 N–H and O–H groups in total. The minimum absolute atomic E-state index is 0.0373. The van der Waals surface area contributed by atoms with Crippen LogP contribution in [0.25, 0.3) is 0 Å². The molecule has 1 amide bonds. The lowest BCUT2D eigenvalue weighted by molar-refractivity contribution is 0.0945. The number of ether oxygens (including phenoxy) is 1. The monoisotopic (exact) mass is 283 g/mol. The first-order valence-corrected chi connectivity index (χ1v) is 7.16. The first-order chi connectivity index (χ1) is 10.1. The number of amides is 1. The third-order valence-electron chi connectivity index (χ3n) is 3.20. The van der Waals surface area contributed by atoms with Crippen LogP contribution in [0.1, 0.15) is 35.3 Å². The number of aryl methyl sites for hydroxylation is 1. The maximum absolute atomic E-state index is 12.3. The predicted molar refractivity (Wildman–Crippen MR) is 84.6 cm³/mol. The molecule has 2 aromatic carbocycles. The minimum Gasteiger partial charge on any atom is -0.490 e. The number of nitrogens with one attached hydrogen (secondary N) is 1. The molecule has 3 nitrogen and oxygen atoms in total. The van der Waals surface area contributed by atoms with Gasteiger partial charge in [0.2, 0.25) is 0 Å². The number of rotatable bonds is 5. The molecule has 2 aromatic rings. The Morgan fingerprint density at radius 3 is 2.48 bits per heavy atom. The standard InChI is InChI=1S/C18H21NO2/c1-13(2)21-17-11-7-6-10-16(17)18(20)19-12-15-9-5-4-8-14(15)3/h4-11,13H,12H2,1-3H3,(H,19,20). The Hall–Kier alpha value is -2.29. The summed E-state index contributed by atoms with van der Waals surface area (Å²) in [5.74, 6) is 0.504. The quantitative estimate of drug-likeness (QED) is 0.908. The van der Waals surface area contributed by atoms with E-state index < -0.39 is 0 Å². The fraction of sp³-hybridized carbons (Fsp3) is 0.278. The zero-order chi connectivity index (χ0) is 15.2. The smallest absolute Gasteiger partial charge is 0.255 e. The van der Waals surface area contributed by atoms with Gasteiger partial charge in [0.25, 0.3) is 5.91 Å². The van der Waals surface area contributed by atoms with Crippen molar-refractivity contribution >= 4 is 5.91 Å². The highest BCUT2D eigenvalue weighted by Gasteiger charge is 2.12. The molecule has 0 saturated heterocycles. The van der Waals surface area contributed by atoms with Crippen molar-refractivity contribution < 1.29 is 9.53 Å². The molecule has 0 aliphatic carbocycles. The van der Waals surface area contributed by atoms with Crippen molar-refractivity contribution in [3.05, 3.63) is 65.2 Å². The van der Waals surface area contributed by atoms with E-state index in [4.69, 9.17) is 4.74 Å². The van der Waals surface area contributed by atoms with Gasteiger partial charge in [0, 0.05) is 6.54 Å². The molecular weight excluding hydrogens is 262 g/mol. The molecule has 0 aliphatic heterocycles. The van der Waals surface area contributed by atoms with Crippen LogP contribution in [0, 0.1) is 6.92 Å². The van der Waals surface area contributed by atoms with E-state index in [-0.39, 0.29) is 12.0 Å². The normalized spacial score (nSPS) is 10.5. The molecule has 0 aromatic heterocycles. The summed E-state index contributed by atoms with van der Waals surface area (Å²) in [5.41, 5.74) is 2.86. The van der Waals surface area contributed by atoms with Crippen LogP contribution >= 0.6 is 0 Å². The average Bonchev–Trinajstić information content (AvgIpc) is 2.46. The van der Waals surface area contributed by atoms with E-state index in [1.807, 2.05) is 63.2 Å². The van der Waals surface area contributed by atoms with E-state index in [2.05, 4.69) is 5.32 Å². The fourth-order valence-electron chi connectivity index (χ4n) is 2.09. The third-order valence-corrected chi connectivity index (χ3v) is 3.20. The fourth-order valence-corrected chi connectivity index (χ4v) is 2.09. The molecule has 0 fully saturated rings. The highest BCUT2D eigenvalue weighted by atomic mass is 16.5. The molecule has 0 unspecified atom stereocenters. The van der Waals surface area contributed by atoms with Crippen molar-refractivity contribution in [3.63, 3.8) is 0 Å². The highest BCUT2D eigenvalue weighted by molar-refractivity contribution is 5.96. The number of hydrogen-bond acceptors (Lipinski definition) is 2. The lowest BCUT2D eigenvalue weighted by Crippen LogP contribution is -2.24. The second-order valence-corrected chi connectivity index (χ2v) is 5.27. The van der Waals surface area contributed by atoms with Gasteiger partial charge in [-0.1, -0.05) is 36.4 Å². The van der Waals surface area contributed by atoms with Gasteiger partial charge in [0.1, 0.15) is 5.75 Å². The van der Waals surface area contributed by atoms with Crippen molar-refractivity contribution in [1.29, 1.82) is 0 Å². The zero-order valence-corrected chi connectivity index (χ0v) is 12.7. The summed E-state index contributed by atoms with van der Waals surface area (Å²) in [7, 11) is 0. The molecule has 2 rings (SSSR count). The summed E-state index contributed by atoms with van der Waals surface area (Å²) in [6.07, 6.45) is 0.0373. The van der Waals surface area contributed by atoms with Crippen LogP contribution in [0.15, 0.2) is 48.5 Å². The van der Waals surface area contributed by atoms with Crippen LogP contribution in [-0.2, 0) is 6.54 Å². The van der Waals surface area contributed by atoms with Crippen molar-refractivity contribution in [2.75, 3.05) is 0 Å². The van der Waals surface area contributed by atoms with Crippen LogP contribution in [-0.4, -0.2) is 12.0 Å². The Kier molecular flexibility index (Phi) is 4.99. The van der Waals surface area contributed by atoms with Crippen molar-refractivity contribution in [2.24, 2.45) is 0 Å². The summed E-state index contributed by atoms with van der Waals surface area (Å²) in [4.78, 5) is 12.3. The van der Waals surface area contributed by atoms with Gasteiger partial charge < -0.3 is 10.1 Å². The van der Waals surface area contributed by atoms with Gasteiger partial charge in [-0.3, -0.25) is 4.79 Å². The van der Waals surface area contributed by atoms with E-state index in [1.54, 1.807) is 6.07 Å². The molecular formula is C18H21NO2. The van der Waals surface area contributed by atoms with Gasteiger partial charge in [0.15, 0.2) is 0 Å². The van der Waals surface area contributed by atoms with Gasteiger partial charge in [0.05, 0.1) is 11.7 Å². The molecule has 0 radical (unpaired) electrons. The summed E-state index contributed by atoms with van der Waals surface area (Å²) in [6, 6.07) is 15.3. The molecule has 0 aliphatic rings. The molecule has 21 heavy (non-hydrogen) atoms. The molecule has 0 heterocycles. The zero-order valence-electron chi connectivity index (χ0n) is 12.7. The number of hydrogen-bond donors (Lipinski definition) is 1. The van der Waals surface area contributed by atoms with Crippen LogP contribution in [0.3, 0.4) is 0 Å². The van der Waals surface area contributed by atoms with Gasteiger partial charge in [-0.25, -0.2) is 0 Å². The Morgan fingerprint density at radius 2 is 1.76 bits per heavy atom. The molecule has 3 heteroatoms. The Labute approximate surface area is 126 Å². The van der Waals surface area contributed by atoms with Crippen molar-refractivity contribution in [3.8, 4) is 5.75 Å². The number of benzene rings is 2. The largest absolute Gasteiger partial charge is 0.490 e. The lowest BCUT2D eigenvalue weighted by Gasteiger charge is -2.14. The van der Waals surface area contributed by atoms with Crippen LogP contribution in [0.2, 0.25) is 0 Å². The van der Waals surface area contributed by atoms with Crippen molar-refractivity contribution in [2.45, 2.75) is 33.4 Å². The Bertz CT molecular complexity index is 620. The number of carbonyl (C=O) groups is 1. The van der Waals surface area contributed by atoms with Crippen LogP contribution in [0.5, 0.6) is 5.75 Å². The van der Waals surface area contributed by atoms with E-state index >= 15 is 0 Å². The van der Waals surface area contributed by atoms with Gasteiger partial charge in [-0.2, -0.15) is 0 Å². The summed E-state index contributed by atoms with van der Waals surface area (Å²) < 4.78 is 5.68. The topological polar surface area (TPSA) is 38.3 Å². The second-order valence-electron chi connectivity index (χ2n) is 5.27. The first-order valence-electron chi connectivity index (χ1n) is 7.16. The number of carbonyl (C=O) groups excluding carboxylic acids is 1. The molecule has 0 atom stereocenters. The number of para-hydroxylation sites is 1. The van der Waals surface area contributed by atoms with Crippen molar-refractivity contribution in [1.82, 2.24) is 5.32 Å². The van der Waals surface area contributed by atoms with Crippen LogP contribution < -0.4 is 10.1 Å². The van der Waals surface area contributed by atoms with E-state index in [0.29, 0.717) is 17.9 Å². The SMILES string of the molecule is Cc1ccccc1CNC(=O)c1ccccc1OC(C)C. The lowest BCUT2D eigenvalue weighted by atomic mass is 10.1. The van der Waals surface area contributed by atoms with Gasteiger partial charge in [-0.15, -0.1) is 0 Å². The maximum Gasteiger partial charge on any atom is 0.255 e.